The molecule has 7 nitrogen and oxygen atoms in total. The Morgan fingerprint density at radius 1 is 0.443 bits per heavy atom. The van der Waals surface area contributed by atoms with Crippen LogP contribution in [-0.2, 0) is 19.6 Å². The van der Waals surface area contributed by atoms with Crippen molar-refractivity contribution in [3.05, 3.63) is 53.6 Å². The smallest absolute Gasteiger partial charge is 0.744 e. The van der Waals surface area contributed by atoms with Crippen LogP contribution in [0.25, 0.3) is 0 Å². The first-order valence-corrected chi connectivity index (χ1v) is 26.5. The molecule has 1 rings (SSSR count). The predicted molar refractivity (Wildman–Crippen MR) is 251 cm³/mol. The molecule has 0 saturated carbocycles. The molecule has 0 heterocycles. The molecule has 1 aromatic rings. The second-order valence-corrected chi connectivity index (χ2v) is 18.5. The van der Waals surface area contributed by atoms with E-state index in [0.29, 0.717) is 12.8 Å². The van der Waals surface area contributed by atoms with Gasteiger partial charge in [-0.3, -0.25) is 0 Å². The third kappa shape index (κ3) is 36.6. The van der Waals surface area contributed by atoms with Crippen molar-refractivity contribution in [1.82, 2.24) is 0 Å². The van der Waals surface area contributed by atoms with Crippen molar-refractivity contribution in [2.45, 2.75) is 250 Å². The second kappa shape index (κ2) is 43.8. The first kappa shape index (κ1) is 59.5. The van der Waals surface area contributed by atoms with Crippen molar-refractivity contribution < 1.29 is 61.6 Å². The van der Waals surface area contributed by atoms with Gasteiger partial charge in [-0.1, -0.05) is 205 Å². The Morgan fingerprint density at radius 2 is 0.721 bits per heavy atom. The third-order valence-electron chi connectivity index (χ3n) is 11.5. The maximum absolute atomic E-state index is 13.0. The summed E-state index contributed by atoms with van der Waals surface area (Å²) in [6.45, 7) is 4.89. The van der Waals surface area contributed by atoms with E-state index in [4.69, 9.17) is 9.47 Å². The second-order valence-electron chi connectivity index (χ2n) is 17.1. The van der Waals surface area contributed by atoms with Gasteiger partial charge in [0.05, 0.1) is 29.2 Å². The fraction of sp³-hybridized carbons (Fsp3) is 0.769. The standard InChI is InChI=1S/C52H90O7S.Na/c1-3-5-7-9-11-13-15-17-19-21-23-25-27-29-31-33-35-37-39-41-45-58-51(53)49-44-43-48(60(55,56)57)47-50(49)52(54)59-46-42-40-38-36-34-32-30-28-26-24-22-20-18-16-14-12-10-8-6-4-2;/h17-20,43-44,47H,3-16,21-42,45-46H2,1-2H3,(H,55,56,57);/q;+1/p-1/b19-17+,20-18+;. The number of unbranched alkanes of at least 4 members (excludes halogenated alkanes) is 32. The first-order chi connectivity index (χ1) is 29.3. The van der Waals surface area contributed by atoms with Crippen LogP contribution in [0.2, 0.25) is 0 Å². The van der Waals surface area contributed by atoms with Crippen molar-refractivity contribution >= 4 is 22.1 Å². The fourth-order valence-corrected chi connectivity index (χ4v) is 8.12. The van der Waals surface area contributed by atoms with Crippen LogP contribution in [0, 0.1) is 0 Å². The minimum Gasteiger partial charge on any atom is -0.744 e. The van der Waals surface area contributed by atoms with Crippen molar-refractivity contribution in [3.63, 3.8) is 0 Å². The minimum absolute atomic E-state index is 0. The summed E-state index contributed by atoms with van der Waals surface area (Å²) in [7, 11) is -4.82. The molecule has 346 valence electrons. The number of esters is 2. The molecule has 0 aromatic heterocycles. The maximum Gasteiger partial charge on any atom is 1.00 e. The molecule has 0 fully saturated rings. The molecule has 0 N–H and O–H groups in total. The van der Waals surface area contributed by atoms with Gasteiger partial charge in [0.2, 0.25) is 0 Å². The summed E-state index contributed by atoms with van der Waals surface area (Å²) in [6.07, 6.45) is 53.6. The van der Waals surface area contributed by atoms with Crippen LogP contribution in [-0.4, -0.2) is 38.1 Å². The molecule has 0 radical (unpaired) electrons. The van der Waals surface area contributed by atoms with E-state index < -0.39 is 27.0 Å². The van der Waals surface area contributed by atoms with Crippen LogP contribution in [0.3, 0.4) is 0 Å². The quantitative estimate of drug-likeness (QED) is 0.0211. The Morgan fingerprint density at radius 3 is 1.03 bits per heavy atom. The van der Waals surface area contributed by atoms with Crippen molar-refractivity contribution in [2.75, 3.05) is 13.2 Å². The summed E-state index contributed by atoms with van der Waals surface area (Å²) >= 11 is 0. The SMILES string of the molecule is CCCCCCCC/C=C/CCCCCCCCCCCCOC(=O)c1ccc(S(=O)(=O)[O-])cc1C(=O)OCCCCCCCCCCCC/C=C/CCCCCCCC.[Na+]. The summed E-state index contributed by atoms with van der Waals surface area (Å²) in [6, 6.07) is 3.15. The third-order valence-corrected chi connectivity index (χ3v) is 12.3. The largest absolute Gasteiger partial charge is 1.00 e. The average Bonchev–Trinajstić information content (AvgIpc) is 3.24. The molecule has 0 saturated heterocycles. The Kier molecular flexibility index (Phi) is 42.7. The van der Waals surface area contributed by atoms with Crippen molar-refractivity contribution in [2.24, 2.45) is 0 Å². The van der Waals surface area contributed by atoms with Gasteiger partial charge in [-0.2, -0.15) is 0 Å². The van der Waals surface area contributed by atoms with Crippen molar-refractivity contribution in [3.8, 4) is 0 Å². The molecule has 0 unspecified atom stereocenters. The minimum atomic E-state index is -4.82. The number of allylic oxidation sites excluding steroid dienone is 4. The van der Waals surface area contributed by atoms with Gasteiger partial charge in [0.15, 0.2) is 0 Å². The normalized spacial score (nSPS) is 11.7. The zero-order valence-electron chi connectivity index (χ0n) is 39.7. The molecule has 0 spiro atoms. The molecule has 61 heavy (non-hydrogen) atoms. The number of rotatable bonds is 43. The molecule has 0 atom stereocenters. The summed E-state index contributed by atoms with van der Waals surface area (Å²) in [5.41, 5.74) is -0.336. The Hall–Kier alpha value is -1.45. The van der Waals surface area contributed by atoms with E-state index in [1.807, 2.05) is 0 Å². The Labute approximate surface area is 397 Å². The van der Waals surface area contributed by atoms with Crippen LogP contribution >= 0.6 is 0 Å². The summed E-state index contributed by atoms with van der Waals surface area (Å²) in [5.74, 6) is -1.54. The summed E-state index contributed by atoms with van der Waals surface area (Å²) in [5, 5.41) is 0. The number of carbonyl (C=O) groups is 2. The molecule has 0 amide bonds. The molecule has 0 aliphatic rings. The van der Waals surface area contributed by atoms with Gasteiger partial charge in [-0.15, -0.1) is 0 Å². The zero-order valence-corrected chi connectivity index (χ0v) is 42.5. The summed E-state index contributed by atoms with van der Waals surface area (Å²) < 4.78 is 45.9. The topological polar surface area (TPSA) is 110 Å². The number of hydrogen-bond donors (Lipinski definition) is 0. The summed E-state index contributed by atoms with van der Waals surface area (Å²) in [4.78, 5) is 25.3. The zero-order chi connectivity index (χ0) is 43.6. The molecule has 0 bridgehead atoms. The van der Waals surface area contributed by atoms with Crippen molar-refractivity contribution in [1.29, 1.82) is 0 Å². The van der Waals surface area contributed by atoms with E-state index >= 15 is 0 Å². The predicted octanol–water partition coefficient (Wildman–Crippen LogP) is 13.1. The van der Waals surface area contributed by atoms with E-state index in [1.165, 1.54) is 186 Å². The maximum atomic E-state index is 13.0. The fourth-order valence-electron chi connectivity index (χ4n) is 7.62. The van der Waals surface area contributed by atoms with Gasteiger partial charge in [-0.25, -0.2) is 18.0 Å². The van der Waals surface area contributed by atoms with Crippen LogP contribution < -0.4 is 29.6 Å². The monoisotopic (exact) mass is 881 g/mol. The van der Waals surface area contributed by atoms with E-state index in [-0.39, 0.29) is 53.9 Å². The van der Waals surface area contributed by atoms with Gasteiger partial charge in [-0.05, 0) is 82.4 Å². The van der Waals surface area contributed by atoms with E-state index in [1.54, 1.807) is 0 Å². The average molecular weight is 881 g/mol. The van der Waals surface area contributed by atoms with Crippen LogP contribution in [0.4, 0.5) is 0 Å². The van der Waals surface area contributed by atoms with Gasteiger partial charge in [0.1, 0.15) is 10.1 Å². The molecular weight excluding hydrogens is 792 g/mol. The number of carbonyl (C=O) groups excluding carboxylic acids is 2. The van der Waals surface area contributed by atoms with Crippen LogP contribution in [0.5, 0.6) is 0 Å². The van der Waals surface area contributed by atoms with Crippen LogP contribution in [0.15, 0.2) is 47.4 Å². The number of hydrogen-bond acceptors (Lipinski definition) is 7. The van der Waals surface area contributed by atoms with E-state index in [0.717, 1.165) is 50.7 Å². The van der Waals surface area contributed by atoms with Gasteiger partial charge in [0.25, 0.3) is 0 Å². The van der Waals surface area contributed by atoms with Gasteiger partial charge >= 0.3 is 41.5 Å². The molecule has 0 aliphatic heterocycles. The Balaban J connectivity index is 0.0000360. The van der Waals surface area contributed by atoms with E-state index in [2.05, 4.69) is 38.2 Å². The van der Waals surface area contributed by atoms with E-state index in [9.17, 15) is 22.6 Å². The van der Waals surface area contributed by atoms with Gasteiger partial charge < -0.3 is 14.0 Å². The molecule has 0 aliphatic carbocycles. The first-order valence-electron chi connectivity index (χ1n) is 25.0. The van der Waals surface area contributed by atoms with Gasteiger partial charge in [0, 0.05) is 0 Å². The van der Waals surface area contributed by atoms with Crippen LogP contribution in [0.1, 0.15) is 266 Å². The molecule has 1 aromatic carbocycles. The number of ether oxygens (including phenoxy) is 2. The Bertz CT molecular complexity index is 1340. The number of benzene rings is 1. The molecular formula is C52H89NaO7S. The molecule has 9 heteroatoms.